The summed E-state index contributed by atoms with van der Waals surface area (Å²) in [6.07, 6.45) is 5.07. The molecule has 2 aromatic heterocycles. The van der Waals surface area contributed by atoms with E-state index in [2.05, 4.69) is 40.6 Å². The minimum Gasteiger partial charge on any atom is -0.501 e. The van der Waals surface area contributed by atoms with E-state index in [9.17, 15) is 8.42 Å². The smallest absolute Gasteiger partial charge is 0.268 e. The van der Waals surface area contributed by atoms with E-state index in [0.29, 0.717) is 16.7 Å². The summed E-state index contributed by atoms with van der Waals surface area (Å²) in [5.74, 6) is 0. The number of halogens is 1. The number of benzene rings is 1. The standard InChI is InChI=1S/C22H27BrN2O3SSi/c1-16-6-8-18(9-7-16)29(26,27)25-14-20(19-13-24-22(23)12-21(19)25)17(2)15-28-10-11-30(3,4)5/h6-9,12-15H,10-11H2,1-5H3. The van der Waals surface area contributed by atoms with Gasteiger partial charge in [0.1, 0.15) is 4.60 Å². The molecule has 0 atom stereocenters. The average Bonchev–Trinajstić information content (AvgIpc) is 3.04. The molecule has 0 amide bonds. The lowest BCUT2D eigenvalue weighted by Gasteiger charge is -2.14. The van der Waals surface area contributed by atoms with Crippen molar-refractivity contribution in [3.8, 4) is 0 Å². The van der Waals surface area contributed by atoms with Crippen molar-refractivity contribution in [2.45, 2.75) is 44.4 Å². The van der Waals surface area contributed by atoms with Crippen molar-refractivity contribution in [1.82, 2.24) is 8.96 Å². The highest BCUT2D eigenvalue weighted by molar-refractivity contribution is 9.10. The van der Waals surface area contributed by atoms with E-state index in [-0.39, 0.29) is 4.90 Å². The lowest BCUT2D eigenvalue weighted by atomic mass is 10.1. The van der Waals surface area contributed by atoms with Gasteiger partial charge in [0.15, 0.2) is 0 Å². The average molecular weight is 508 g/mol. The van der Waals surface area contributed by atoms with Gasteiger partial charge in [0.25, 0.3) is 10.0 Å². The Morgan fingerprint density at radius 2 is 1.90 bits per heavy atom. The highest BCUT2D eigenvalue weighted by Gasteiger charge is 2.22. The number of aryl methyl sites for hydroxylation is 1. The summed E-state index contributed by atoms with van der Waals surface area (Å²) in [7, 11) is -4.92. The predicted molar refractivity (Wildman–Crippen MR) is 129 cm³/mol. The van der Waals surface area contributed by atoms with Gasteiger partial charge in [0.05, 0.1) is 23.3 Å². The molecule has 0 N–H and O–H groups in total. The van der Waals surface area contributed by atoms with Crippen LogP contribution in [0.3, 0.4) is 0 Å². The minimum absolute atomic E-state index is 0.248. The molecule has 3 rings (SSSR count). The zero-order chi connectivity index (χ0) is 22.1. The molecule has 1 aromatic carbocycles. The molecule has 160 valence electrons. The molecule has 0 aliphatic rings. The Hall–Kier alpha value is -1.90. The van der Waals surface area contributed by atoms with Crippen molar-refractivity contribution in [3.05, 3.63) is 64.7 Å². The van der Waals surface area contributed by atoms with Gasteiger partial charge in [-0.3, -0.25) is 0 Å². The van der Waals surface area contributed by atoms with Crippen LogP contribution in [0.4, 0.5) is 0 Å². The lowest BCUT2D eigenvalue weighted by Crippen LogP contribution is -2.21. The number of nitrogens with zero attached hydrogens (tertiary/aromatic N) is 2. The van der Waals surface area contributed by atoms with E-state index in [0.717, 1.165) is 28.1 Å². The Morgan fingerprint density at radius 3 is 2.53 bits per heavy atom. The molecule has 30 heavy (non-hydrogen) atoms. The van der Waals surface area contributed by atoms with Gasteiger partial charge in [0, 0.05) is 31.4 Å². The van der Waals surface area contributed by atoms with Crippen LogP contribution in [0.2, 0.25) is 25.7 Å². The second-order valence-corrected chi connectivity index (χ2v) is 16.9. The van der Waals surface area contributed by atoms with E-state index < -0.39 is 18.1 Å². The van der Waals surface area contributed by atoms with Crippen LogP contribution in [0.25, 0.3) is 16.5 Å². The molecule has 0 fully saturated rings. The molecule has 5 nitrogen and oxygen atoms in total. The highest BCUT2D eigenvalue weighted by atomic mass is 79.9. The van der Waals surface area contributed by atoms with Crippen molar-refractivity contribution in [1.29, 1.82) is 0 Å². The monoisotopic (exact) mass is 506 g/mol. The number of ether oxygens (including phenoxy) is 1. The van der Waals surface area contributed by atoms with Crippen molar-refractivity contribution in [2.24, 2.45) is 0 Å². The van der Waals surface area contributed by atoms with Gasteiger partial charge in [-0.25, -0.2) is 17.4 Å². The second-order valence-electron chi connectivity index (χ2n) is 8.66. The minimum atomic E-state index is -3.75. The van der Waals surface area contributed by atoms with Gasteiger partial charge in [-0.2, -0.15) is 0 Å². The molecule has 2 heterocycles. The quantitative estimate of drug-likeness (QED) is 0.169. The maximum Gasteiger partial charge on any atom is 0.268 e. The molecule has 0 unspecified atom stereocenters. The Kier molecular flexibility index (Phi) is 6.59. The van der Waals surface area contributed by atoms with E-state index >= 15 is 0 Å². The molecule has 0 saturated heterocycles. The Balaban J connectivity index is 2.05. The normalized spacial score (nSPS) is 13.1. The molecular formula is C22H27BrN2O3SSi. The number of hydrogen-bond donors (Lipinski definition) is 0. The second kappa shape index (κ2) is 8.68. The molecule has 0 aliphatic carbocycles. The predicted octanol–water partition coefficient (Wildman–Crippen LogP) is 6.06. The van der Waals surface area contributed by atoms with Crippen LogP contribution in [-0.2, 0) is 14.8 Å². The maximum atomic E-state index is 13.4. The molecule has 8 heteroatoms. The zero-order valence-corrected chi connectivity index (χ0v) is 21.3. The largest absolute Gasteiger partial charge is 0.501 e. The molecule has 0 saturated carbocycles. The topological polar surface area (TPSA) is 61.2 Å². The van der Waals surface area contributed by atoms with E-state index in [1.54, 1.807) is 49.0 Å². The Morgan fingerprint density at radius 1 is 1.23 bits per heavy atom. The number of rotatable bonds is 7. The number of pyridine rings is 1. The third-order valence-electron chi connectivity index (χ3n) is 4.86. The van der Waals surface area contributed by atoms with Crippen molar-refractivity contribution in [3.63, 3.8) is 0 Å². The van der Waals surface area contributed by atoms with Crippen LogP contribution >= 0.6 is 15.9 Å². The first kappa shape index (κ1) is 22.8. The van der Waals surface area contributed by atoms with Crippen molar-refractivity contribution in [2.75, 3.05) is 6.61 Å². The summed E-state index contributed by atoms with van der Waals surface area (Å²) in [6.45, 7) is 11.4. The third kappa shape index (κ3) is 5.04. The summed E-state index contributed by atoms with van der Waals surface area (Å²) in [5, 5.41) is 0.761. The van der Waals surface area contributed by atoms with Gasteiger partial charge in [-0.15, -0.1) is 0 Å². The van der Waals surface area contributed by atoms with E-state index in [1.165, 1.54) is 3.97 Å². The summed E-state index contributed by atoms with van der Waals surface area (Å²) >= 11 is 3.36. The fourth-order valence-corrected chi connectivity index (χ4v) is 5.43. The fraction of sp³-hybridized carbons (Fsp3) is 0.318. The summed E-state index contributed by atoms with van der Waals surface area (Å²) in [5.41, 5.74) is 3.22. The number of allylic oxidation sites excluding steroid dienone is 1. The first-order valence-corrected chi connectivity index (χ1v) is 15.7. The van der Waals surface area contributed by atoms with E-state index in [4.69, 9.17) is 4.74 Å². The molecule has 0 spiro atoms. The first-order valence-electron chi connectivity index (χ1n) is 9.77. The third-order valence-corrected chi connectivity index (χ3v) is 8.68. The van der Waals surface area contributed by atoms with Crippen LogP contribution in [0, 0.1) is 6.92 Å². The molecular weight excluding hydrogens is 480 g/mol. The van der Waals surface area contributed by atoms with Crippen LogP contribution in [-0.4, -0.2) is 32.1 Å². The van der Waals surface area contributed by atoms with Gasteiger partial charge >= 0.3 is 0 Å². The number of aromatic nitrogens is 2. The van der Waals surface area contributed by atoms with Crippen LogP contribution in [0.1, 0.15) is 18.1 Å². The number of fused-ring (bicyclic) bond motifs is 1. The maximum absolute atomic E-state index is 13.4. The SMILES string of the molecule is CC(=COCC[Si](C)(C)C)c1cn(S(=O)(=O)c2ccc(C)cc2)c2cc(Br)ncc12. The van der Waals surface area contributed by atoms with Gasteiger partial charge in [-0.05, 0) is 59.6 Å². The summed E-state index contributed by atoms with van der Waals surface area (Å²) < 4.78 is 34.4. The molecule has 0 bridgehead atoms. The Labute approximate surface area is 188 Å². The van der Waals surface area contributed by atoms with Gasteiger partial charge in [-0.1, -0.05) is 37.3 Å². The Bertz CT molecular complexity index is 1190. The molecule has 0 aliphatic heterocycles. The zero-order valence-electron chi connectivity index (χ0n) is 17.9. The summed E-state index contributed by atoms with van der Waals surface area (Å²) in [4.78, 5) is 4.55. The molecule has 3 aromatic rings. The highest BCUT2D eigenvalue weighted by Crippen LogP contribution is 2.31. The van der Waals surface area contributed by atoms with Crippen molar-refractivity contribution >= 4 is 50.5 Å². The van der Waals surface area contributed by atoms with Gasteiger partial charge < -0.3 is 4.74 Å². The van der Waals surface area contributed by atoms with Crippen molar-refractivity contribution < 1.29 is 13.2 Å². The first-order chi connectivity index (χ1) is 14.0. The van der Waals surface area contributed by atoms with Crippen LogP contribution in [0.5, 0.6) is 0 Å². The molecule has 0 radical (unpaired) electrons. The van der Waals surface area contributed by atoms with E-state index in [1.807, 2.05) is 13.8 Å². The van der Waals surface area contributed by atoms with Crippen LogP contribution in [0.15, 0.2) is 58.5 Å². The summed E-state index contributed by atoms with van der Waals surface area (Å²) in [6, 6.07) is 9.66. The number of hydrogen-bond acceptors (Lipinski definition) is 4. The van der Waals surface area contributed by atoms with Gasteiger partial charge in [0.2, 0.25) is 0 Å². The fourth-order valence-electron chi connectivity index (χ4n) is 3.02. The van der Waals surface area contributed by atoms with Crippen LogP contribution < -0.4 is 0 Å². The lowest BCUT2D eigenvalue weighted by molar-refractivity contribution is 0.269.